The Kier molecular flexibility index (Phi) is 6.28. The molecule has 2 saturated heterocycles. The topological polar surface area (TPSA) is 59.4 Å². The number of morpholine rings is 1. The Morgan fingerprint density at radius 3 is 2.83 bits per heavy atom. The van der Waals surface area contributed by atoms with Gasteiger partial charge in [0.15, 0.2) is 0 Å². The number of aromatic nitrogens is 2. The molecule has 2 aliphatic rings. The van der Waals surface area contributed by atoms with Crippen LogP contribution in [0.2, 0.25) is 0 Å². The van der Waals surface area contributed by atoms with Crippen molar-refractivity contribution in [2.75, 3.05) is 26.2 Å². The highest BCUT2D eigenvalue weighted by molar-refractivity contribution is 5.85. The van der Waals surface area contributed by atoms with Crippen LogP contribution in [-0.2, 0) is 22.5 Å². The van der Waals surface area contributed by atoms with Crippen molar-refractivity contribution >= 4 is 18.3 Å². The smallest absolute Gasteiger partial charge is 0.227 e. The number of ether oxygens (including phenoxy) is 1. The molecule has 0 aliphatic carbocycles. The summed E-state index contributed by atoms with van der Waals surface area (Å²) in [6, 6.07) is 0.183. The van der Waals surface area contributed by atoms with Gasteiger partial charge in [-0.3, -0.25) is 9.48 Å². The largest absolute Gasteiger partial charge is 0.373 e. The molecule has 7 heteroatoms. The molecule has 1 N–H and O–H groups in total. The third-order valence-corrected chi connectivity index (χ3v) is 4.91. The van der Waals surface area contributed by atoms with E-state index >= 15 is 0 Å². The van der Waals surface area contributed by atoms with Gasteiger partial charge in [0.1, 0.15) is 0 Å². The van der Waals surface area contributed by atoms with Crippen LogP contribution >= 0.6 is 12.4 Å². The Hall–Kier alpha value is -1.11. The molecule has 24 heavy (non-hydrogen) atoms. The Labute approximate surface area is 150 Å². The number of hydrogen-bond acceptors (Lipinski definition) is 4. The van der Waals surface area contributed by atoms with Gasteiger partial charge < -0.3 is 15.0 Å². The van der Waals surface area contributed by atoms with Gasteiger partial charge in [0, 0.05) is 37.4 Å². The van der Waals surface area contributed by atoms with Crippen LogP contribution in [0.25, 0.3) is 0 Å². The molecule has 6 nitrogen and oxygen atoms in total. The maximum Gasteiger partial charge on any atom is 0.227 e. The monoisotopic (exact) mass is 356 g/mol. The number of carbonyl (C=O) groups excluding carboxylic acids is 1. The first-order valence-electron chi connectivity index (χ1n) is 8.62. The van der Waals surface area contributed by atoms with E-state index in [9.17, 15) is 4.79 Å². The van der Waals surface area contributed by atoms with E-state index in [0.29, 0.717) is 25.5 Å². The van der Waals surface area contributed by atoms with Crippen LogP contribution in [0.5, 0.6) is 0 Å². The van der Waals surface area contributed by atoms with Crippen LogP contribution in [0.3, 0.4) is 0 Å². The first kappa shape index (κ1) is 19.2. The Morgan fingerprint density at radius 1 is 1.38 bits per heavy atom. The fraction of sp³-hybridized carbons (Fsp3) is 0.765. The number of aryl methyl sites for hydroxylation is 1. The third-order valence-electron chi connectivity index (χ3n) is 4.91. The number of fused-ring (bicyclic) bond motifs is 1. The highest BCUT2D eigenvalue weighted by atomic mass is 35.5. The molecular formula is C17H29ClN4O2. The minimum absolute atomic E-state index is 0. The van der Waals surface area contributed by atoms with Crippen molar-refractivity contribution in [2.24, 2.45) is 5.92 Å². The lowest BCUT2D eigenvalue weighted by molar-refractivity contribution is -0.142. The first-order valence-corrected chi connectivity index (χ1v) is 8.62. The van der Waals surface area contributed by atoms with Crippen molar-refractivity contribution in [3.8, 4) is 0 Å². The van der Waals surface area contributed by atoms with Crippen molar-refractivity contribution in [3.63, 3.8) is 0 Å². The summed E-state index contributed by atoms with van der Waals surface area (Å²) in [7, 11) is 0. The second-order valence-electron chi connectivity index (χ2n) is 7.12. The Bertz CT molecular complexity index is 587. The zero-order valence-electron chi connectivity index (χ0n) is 15.0. The fourth-order valence-electron chi connectivity index (χ4n) is 3.67. The number of halogens is 1. The highest BCUT2D eigenvalue weighted by Crippen LogP contribution is 2.21. The highest BCUT2D eigenvalue weighted by Gasteiger charge is 2.38. The second kappa shape index (κ2) is 7.85. The van der Waals surface area contributed by atoms with Gasteiger partial charge in [-0.05, 0) is 19.8 Å². The summed E-state index contributed by atoms with van der Waals surface area (Å²) in [6.45, 7) is 12.4. The van der Waals surface area contributed by atoms with E-state index in [1.54, 1.807) is 0 Å². The average Bonchev–Trinajstić information content (AvgIpc) is 3.07. The second-order valence-corrected chi connectivity index (χ2v) is 7.12. The lowest BCUT2D eigenvalue weighted by atomic mass is 10.1. The molecule has 136 valence electrons. The summed E-state index contributed by atoms with van der Waals surface area (Å²) >= 11 is 0. The molecule has 1 amide bonds. The number of nitrogens with one attached hydrogen (secondary N) is 1. The molecule has 2 fully saturated rings. The molecule has 1 aromatic heterocycles. The maximum absolute atomic E-state index is 12.9. The molecular weight excluding hydrogens is 328 g/mol. The average molecular weight is 357 g/mol. The van der Waals surface area contributed by atoms with Gasteiger partial charge in [-0.15, -0.1) is 12.4 Å². The number of nitrogens with zero attached hydrogens (tertiary/aromatic N) is 3. The van der Waals surface area contributed by atoms with E-state index in [1.807, 2.05) is 16.5 Å². The fourth-order valence-corrected chi connectivity index (χ4v) is 3.67. The van der Waals surface area contributed by atoms with E-state index in [2.05, 4.69) is 31.2 Å². The summed E-state index contributed by atoms with van der Waals surface area (Å²) in [6.07, 6.45) is 0.595. The van der Waals surface area contributed by atoms with Crippen LogP contribution < -0.4 is 5.32 Å². The molecule has 1 aromatic rings. The SMILES string of the molecule is Cc1nn(CC(C)C)c(C)c1CC(=O)N1CCO[C@H]2CNC[C@H]21.Cl. The van der Waals surface area contributed by atoms with Gasteiger partial charge >= 0.3 is 0 Å². The molecule has 0 radical (unpaired) electrons. The van der Waals surface area contributed by atoms with Crippen LogP contribution in [0.15, 0.2) is 0 Å². The minimum atomic E-state index is 0. The molecule has 0 aromatic carbocycles. The molecule has 0 bridgehead atoms. The summed E-state index contributed by atoms with van der Waals surface area (Å²) in [5.74, 6) is 0.739. The van der Waals surface area contributed by atoms with Crippen LogP contribution in [-0.4, -0.2) is 59.0 Å². The predicted octanol–water partition coefficient (Wildman–Crippen LogP) is 1.32. The number of rotatable bonds is 4. The summed E-state index contributed by atoms with van der Waals surface area (Å²) in [5.41, 5.74) is 3.19. The number of amides is 1. The lowest BCUT2D eigenvalue weighted by Gasteiger charge is -2.37. The Morgan fingerprint density at radius 2 is 2.12 bits per heavy atom. The van der Waals surface area contributed by atoms with Crippen LogP contribution in [0, 0.1) is 19.8 Å². The van der Waals surface area contributed by atoms with E-state index < -0.39 is 0 Å². The standard InChI is InChI=1S/C17H28N4O2.ClH/c1-11(2)10-21-13(4)14(12(3)19-21)7-17(22)20-5-6-23-16-9-18-8-15(16)20;/h11,15-16,18H,5-10H2,1-4H3;1H/t15-,16+;/m1./s1. The van der Waals surface area contributed by atoms with Crippen molar-refractivity contribution in [3.05, 3.63) is 17.0 Å². The summed E-state index contributed by atoms with van der Waals surface area (Å²) in [4.78, 5) is 14.9. The third kappa shape index (κ3) is 3.76. The Balaban J connectivity index is 0.00000208. The molecule has 0 saturated carbocycles. The van der Waals surface area contributed by atoms with E-state index in [-0.39, 0.29) is 30.5 Å². The quantitative estimate of drug-likeness (QED) is 0.884. The van der Waals surface area contributed by atoms with Gasteiger partial charge in [0.05, 0.1) is 30.9 Å². The first-order chi connectivity index (χ1) is 11.0. The van der Waals surface area contributed by atoms with Gasteiger partial charge in [0.2, 0.25) is 5.91 Å². The predicted molar refractivity (Wildman–Crippen MR) is 95.6 cm³/mol. The molecule has 3 heterocycles. The van der Waals surface area contributed by atoms with Gasteiger partial charge in [-0.1, -0.05) is 13.8 Å². The summed E-state index contributed by atoms with van der Waals surface area (Å²) < 4.78 is 7.80. The zero-order valence-corrected chi connectivity index (χ0v) is 15.9. The lowest BCUT2D eigenvalue weighted by Crippen LogP contribution is -2.53. The van der Waals surface area contributed by atoms with Crippen LogP contribution in [0.4, 0.5) is 0 Å². The summed E-state index contributed by atoms with van der Waals surface area (Å²) in [5, 5.41) is 7.95. The van der Waals surface area contributed by atoms with Gasteiger partial charge in [-0.25, -0.2) is 0 Å². The number of carbonyl (C=O) groups is 1. The van der Waals surface area contributed by atoms with Crippen molar-refractivity contribution in [2.45, 2.75) is 52.8 Å². The molecule has 2 atom stereocenters. The van der Waals surface area contributed by atoms with E-state index in [4.69, 9.17) is 4.74 Å². The number of hydrogen-bond donors (Lipinski definition) is 1. The van der Waals surface area contributed by atoms with Gasteiger partial charge in [-0.2, -0.15) is 5.10 Å². The van der Waals surface area contributed by atoms with Crippen LogP contribution in [0.1, 0.15) is 30.8 Å². The van der Waals surface area contributed by atoms with Crippen molar-refractivity contribution in [1.82, 2.24) is 20.0 Å². The van der Waals surface area contributed by atoms with E-state index in [0.717, 1.165) is 36.6 Å². The molecule has 2 aliphatic heterocycles. The molecule has 0 spiro atoms. The molecule has 3 rings (SSSR count). The normalized spacial score (nSPS) is 23.3. The minimum Gasteiger partial charge on any atom is -0.373 e. The van der Waals surface area contributed by atoms with E-state index in [1.165, 1.54) is 0 Å². The maximum atomic E-state index is 12.9. The van der Waals surface area contributed by atoms with Crippen molar-refractivity contribution in [1.29, 1.82) is 0 Å². The zero-order chi connectivity index (χ0) is 16.6. The van der Waals surface area contributed by atoms with Crippen molar-refractivity contribution < 1.29 is 9.53 Å². The van der Waals surface area contributed by atoms with Gasteiger partial charge in [0.25, 0.3) is 0 Å². The molecule has 0 unspecified atom stereocenters.